The Bertz CT molecular complexity index is 1130. The van der Waals surface area contributed by atoms with Crippen molar-refractivity contribution in [1.29, 1.82) is 0 Å². The van der Waals surface area contributed by atoms with Gasteiger partial charge >= 0.3 is 0 Å². The molecule has 1 N–H and O–H groups in total. The molecule has 0 aliphatic carbocycles. The zero-order valence-electron chi connectivity index (χ0n) is 19.6. The van der Waals surface area contributed by atoms with Crippen LogP contribution in [0.4, 0.5) is 10.2 Å². The van der Waals surface area contributed by atoms with Gasteiger partial charge in [0.1, 0.15) is 11.6 Å². The van der Waals surface area contributed by atoms with E-state index in [0.717, 1.165) is 37.6 Å². The minimum Gasteiger partial charge on any atom is -0.508 e. The first kappa shape index (κ1) is 23.6. The number of amides is 1. The lowest BCUT2D eigenvalue weighted by Crippen LogP contribution is -2.46. The van der Waals surface area contributed by atoms with Crippen LogP contribution in [0.2, 0.25) is 0 Å². The van der Waals surface area contributed by atoms with Crippen LogP contribution in [0.1, 0.15) is 29.9 Å². The molecule has 0 radical (unpaired) electrons. The van der Waals surface area contributed by atoms with Crippen molar-refractivity contribution in [3.63, 3.8) is 0 Å². The van der Waals surface area contributed by atoms with Crippen LogP contribution < -0.4 is 4.90 Å². The summed E-state index contributed by atoms with van der Waals surface area (Å²) in [5, 5.41) is 18.1. The molecule has 0 bridgehead atoms. The van der Waals surface area contributed by atoms with Gasteiger partial charge < -0.3 is 14.9 Å². The molecule has 1 saturated heterocycles. The van der Waals surface area contributed by atoms with E-state index in [0.29, 0.717) is 36.5 Å². The number of rotatable bonds is 7. The molecule has 2 aromatic carbocycles. The first-order chi connectivity index (χ1) is 16.5. The normalized spacial score (nSPS) is 14.3. The maximum atomic E-state index is 14.7. The number of aromatic hydroxyl groups is 1. The number of anilines is 1. The molecule has 1 aliphatic heterocycles. The molecule has 178 valence electrons. The number of hydrogen-bond donors (Lipinski definition) is 1. The van der Waals surface area contributed by atoms with Crippen LogP contribution >= 0.6 is 0 Å². The smallest absolute Gasteiger partial charge is 0.274 e. The maximum Gasteiger partial charge on any atom is 0.274 e. The summed E-state index contributed by atoms with van der Waals surface area (Å²) >= 11 is 0. The number of phenols is 1. The van der Waals surface area contributed by atoms with Crippen LogP contribution in [-0.4, -0.2) is 70.3 Å². The van der Waals surface area contributed by atoms with Gasteiger partial charge in [0.15, 0.2) is 11.5 Å². The first-order valence-electron chi connectivity index (χ1n) is 11.7. The minimum atomic E-state index is -0.295. The fourth-order valence-electron chi connectivity index (χ4n) is 4.24. The average Bonchev–Trinajstić information content (AvgIpc) is 2.85. The second-order valence-corrected chi connectivity index (χ2v) is 8.38. The molecule has 8 heteroatoms. The Hall–Kier alpha value is -3.52. The predicted octanol–water partition coefficient (Wildman–Crippen LogP) is 3.79. The fraction of sp³-hybridized carbons (Fsp3) is 0.346. The largest absolute Gasteiger partial charge is 0.508 e. The van der Waals surface area contributed by atoms with Gasteiger partial charge in [0.2, 0.25) is 0 Å². The van der Waals surface area contributed by atoms with Gasteiger partial charge in [-0.25, -0.2) is 4.39 Å². The number of halogens is 1. The Morgan fingerprint density at radius 3 is 2.38 bits per heavy atom. The number of carbonyl (C=O) groups excluding carboxylic acids is 1. The molecule has 1 amide bonds. The van der Waals surface area contributed by atoms with Crippen LogP contribution in [0.25, 0.3) is 11.1 Å². The van der Waals surface area contributed by atoms with Crippen molar-refractivity contribution in [2.75, 3.05) is 44.2 Å². The topological polar surface area (TPSA) is 72.8 Å². The highest BCUT2D eigenvalue weighted by molar-refractivity contribution is 5.92. The Balaban J connectivity index is 1.33. The number of hydrogen-bond acceptors (Lipinski definition) is 6. The summed E-state index contributed by atoms with van der Waals surface area (Å²) in [6.45, 7) is 9.03. The van der Waals surface area contributed by atoms with Gasteiger partial charge in [0.05, 0.1) is 0 Å². The van der Waals surface area contributed by atoms with Crippen molar-refractivity contribution in [2.45, 2.75) is 20.4 Å². The highest BCUT2D eigenvalue weighted by Crippen LogP contribution is 2.27. The summed E-state index contributed by atoms with van der Waals surface area (Å²) in [5.74, 6) is 0.485. The van der Waals surface area contributed by atoms with Crippen molar-refractivity contribution in [3.8, 4) is 16.9 Å². The molecule has 2 heterocycles. The molecule has 0 spiro atoms. The van der Waals surface area contributed by atoms with E-state index in [9.17, 15) is 14.3 Å². The molecule has 4 rings (SSSR count). The fourth-order valence-corrected chi connectivity index (χ4v) is 4.24. The summed E-state index contributed by atoms with van der Waals surface area (Å²) in [4.78, 5) is 18.6. The molecular weight excluding hydrogens is 433 g/mol. The summed E-state index contributed by atoms with van der Waals surface area (Å²) in [6, 6.07) is 15.5. The van der Waals surface area contributed by atoms with E-state index in [4.69, 9.17) is 0 Å². The molecule has 1 aromatic heterocycles. The van der Waals surface area contributed by atoms with Crippen LogP contribution in [0.15, 0.2) is 54.6 Å². The summed E-state index contributed by atoms with van der Waals surface area (Å²) in [6.07, 6.45) is 0. The van der Waals surface area contributed by atoms with Crippen molar-refractivity contribution >= 4 is 11.7 Å². The van der Waals surface area contributed by atoms with Gasteiger partial charge in [-0.3, -0.25) is 9.69 Å². The molecule has 1 aliphatic rings. The molecule has 3 aromatic rings. The Kier molecular flexibility index (Phi) is 7.37. The van der Waals surface area contributed by atoms with E-state index >= 15 is 0 Å². The minimum absolute atomic E-state index is 0.101. The van der Waals surface area contributed by atoms with Crippen molar-refractivity contribution in [3.05, 3.63) is 71.7 Å². The Morgan fingerprint density at radius 2 is 1.76 bits per heavy atom. The van der Waals surface area contributed by atoms with Gasteiger partial charge in [-0.15, -0.1) is 10.2 Å². The highest BCUT2D eigenvalue weighted by Gasteiger charge is 2.20. The number of benzene rings is 2. The van der Waals surface area contributed by atoms with Gasteiger partial charge in [0.25, 0.3) is 5.91 Å². The van der Waals surface area contributed by atoms with Gasteiger partial charge in [0, 0.05) is 51.4 Å². The number of piperazine rings is 1. The summed E-state index contributed by atoms with van der Waals surface area (Å²) < 4.78 is 14.7. The van der Waals surface area contributed by atoms with E-state index in [1.165, 1.54) is 0 Å². The van der Waals surface area contributed by atoms with E-state index in [1.807, 2.05) is 26.0 Å². The van der Waals surface area contributed by atoms with Crippen LogP contribution in [0.5, 0.6) is 5.75 Å². The molecule has 7 nitrogen and oxygen atoms in total. The zero-order chi connectivity index (χ0) is 24.1. The molecule has 1 fully saturated rings. The molecule has 0 atom stereocenters. The summed E-state index contributed by atoms with van der Waals surface area (Å²) in [5.41, 5.74) is 2.41. The monoisotopic (exact) mass is 463 g/mol. The van der Waals surface area contributed by atoms with Crippen molar-refractivity contribution in [2.24, 2.45) is 0 Å². The maximum absolute atomic E-state index is 14.7. The van der Waals surface area contributed by atoms with E-state index in [-0.39, 0.29) is 17.5 Å². The van der Waals surface area contributed by atoms with Crippen LogP contribution in [0.3, 0.4) is 0 Å². The predicted molar refractivity (Wildman–Crippen MR) is 130 cm³/mol. The van der Waals surface area contributed by atoms with Crippen molar-refractivity contribution in [1.82, 2.24) is 20.0 Å². The second kappa shape index (κ2) is 10.6. The zero-order valence-corrected chi connectivity index (χ0v) is 19.6. The Morgan fingerprint density at radius 1 is 1.00 bits per heavy atom. The molecule has 0 unspecified atom stereocenters. The van der Waals surface area contributed by atoms with Gasteiger partial charge in [-0.05, 0) is 55.3 Å². The van der Waals surface area contributed by atoms with E-state index < -0.39 is 0 Å². The standard InChI is InChI=1S/C26H30FN5O2/c1-3-31(4-2)26(34)24-10-11-25(29-28-24)32-14-12-30(13-15-32)18-19-8-9-22(23(27)16-19)20-6-5-7-21(33)17-20/h5-11,16-17,33H,3-4,12-15,18H2,1-2H3. The average molecular weight is 464 g/mol. The lowest BCUT2D eigenvalue weighted by atomic mass is 10.0. The third-order valence-corrected chi connectivity index (χ3v) is 6.21. The molecular formula is C26H30FN5O2. The lowest BCUT2D eigenvalue weighted by Gasteiger charge is -2.35. The quantitative estimate of drug-likeness (QED) is 0.575. The van der Waals surface area contributed by atoms with Crippen molar-refractivity contribution < 1.29 is 14.3 Å². The lowest BCUT2D eigenvalue weighted by molar-refractivity contribution is 0.0766. The van der Waals surface area contributed by atoms with Gasteiger partial charge in [-0.2, -0.15) is 0 Å². The number of carbonyl (C=O) groups is 1. The van der Waals surface area contributed by atoms with Crippen LogP contribution in [-0.2, 0) is 6.54 Å². The first-order valence-corrected chi connectivity index (χ1v) is 11.7. The van der Waals surface area contributed by atoms with E-state index in [2.05, 4.69) is 20.0 Å². The highest BCUT2D eigenvalue weighted by atomic mass is 19.1. The molecule has 0 saturated carbocycles. The number of phenolic OH excluding ortho intramolecular Hbond substituents is 1. The number of nitrogens with zero attached hydrogens (tertiary/aromatic N) is 5. The third kappa shape index (κ3) is 5.34. The summed E-state index contributed by atoms with van der Waals surface area (Å²) in [7, 11) is 0. The number of aromatic nitrogens is 2. The Labute approximate surface area is 199 Å². The van der Waals surface area contributed by atoms with Gasteiger partial charge in [-0.1, -0.05) is 24.3 Å². The third-order valence-electron chi connectivity index (χ3n) is 6.21. The molecule has 34 heavy (non-hydrogen) atoms. The van der Waals surface area contributed by atoms with E-state index in [1.54, 1.807) is 47.4 Å². The second-order valence-electron chi connectivity index (χ2n) is 8.38. The SMILES string of the molecule is CCN(CC)C(=O)c1ccc(N2CCN(Cc3ccc(-c4cccc(O)c4)c(F)c3)CC2)nn1. The van der Waals surface area contributed by atoms with Crippen LogP contribution in [0, 0.1) is 5.82 Å².